The standard InChI is InChI=1S/C10H9BrN2O.C4H10/c1-2-13-6-12-10(14)9-7(11)4-3-5-8(9)13;1-3-4-2/h3-6H,2H2,1H3;3-4H2,1-2H3. The maximum atomic E-state index is 11.5. The van der Waals surface area contributed by atoms with Crippen molar-refractivity contribution >= 4 is 26.8 Å². The molecule has 0 bridgehead atoms. The summed E-state index contributed by atoms with van der Waals surface area (Å²) in [6.45, 7) is 7.19. The lowest BCUT2D eigenvalue weighted by Crippen LogP contribution is -2.12. The molecule has 0 spiro atoms. The Balaban J connectivity index is 0.000000357. The molecule has 0 atom stereocenters. The summed E-state index contributed by atoms with van der Waals surface area (Å²) in [6.07, 6.45) is 4.22. The molecular formula is C14H19BrN2O. The average molecular weight is 311 g/mol. The highest BCUT2D eigenvalue weighted by Gasteiger charge is 2.05. The number of aromatic nitrogens is 2. The van der Waals surface area contributed by atoms with E-state index in [0.29, 0.717) is 5.39 Å². The molecule has 0 N–H and O–H groups in total. The second-order valence-corrected chi connectivity index (χ2v) is 4.82. The molecule has 0 unspecified atom stereocenters. The second kappa shape index (κ2) is 7.31. The first kappa shape index (κ1) is 14.9. The van der Waals surface area contributed by atoms with Crippen LogP contribution in [0.3, 0.4) is 0 Å². The third-order valence-electron chi connectivity index (χ3n) is 2.67. The van der Waals surface area contributed by atoms with Crippen molar-refractivity contribution in [2.45, 2.75) is 40.2 Å². The van der Waals surface area contributed by atoms with Gasteiger partial charge in [0.15, 0.2) is 0 Å². The monoisotopic (exact) mass is 310 g/mol. The minimum absolute atomic E-state index is 0.183. The van der Waals surface area contributed by atoms with E-state index in [2.05, 4.69) is 34.8 Å². The molecular weight excluding hydrogens is 292 g/mol. The van der Waals surface area contributed by atoms with Gasteiger partial charge in [0.05, 0.1) is 17.2 Å². The molecule has 18 heavy (non-hydrogen) atoms. The van der Waals surface area contributed by atoms with Gasteiger partial charge in [-0.2, -0.15) is 4.98 Å². The minimum Gasteiger partial charge on any atom is -0.332 e. The highest BCUT2D eigenvalue weighted by Crippen LogP contribution is 2.19. The molecule has 4 heteroatoms. The van der Waals surface area contributed by atoms with Crippen LogP contribution in [0.15, 0.2) is 33.8 Å². The van der Waals surface area contributed by atoms with Crippen LogP contribution in [-0.2, 0) is 6.54 Å². The molecule has 0 amide bonds. The SMILES string of the molecule is CCCC.CCn1cnc(=O)c2c(Br)cccc21. The van der Waals surface area contributed by atoms with Gasteiger partial charge >= 0.3 is 0 Å². The number of hydrogen-bond donors (Lipinski definition) is 0. The number of halogens is 1. The normalized spacial score (nSPS) is 10.0. The Morgan fingerprint density at radius 1 is 1.22 bits per heavy atom. The Kier molecular flexibility index (Phi) is 6.05. The third kappa shape index (κ3) is 3.42. The summed E-state index contributed by atoms with van der Waals surface area (Å²) >= 11 is 3.36. The Bertz CT molecular complexity index is 561. The van der Waals surface area contributed by atoms with E-state index in [1.165, 1.54) is 12.8 Å². The van der Waals surface area contributed by atoms with E-state index in [9.17, 15) is 4.79 Å². The highest BCUT2D eigenvalue weighted by atomic mass is 79.9. The van der Waals surface area contributed by atoms with E-state index in [0.717, 1.165) is 16.5 Å². The zero-order valence-electron chi connectivity index (χ0n) is 11.1. The van der Waals surface area contributed by atoms with Crippen LogP contribution >= 0.6 is 15.9 Å². The average Bonchev–Trinajstić information content (AvgIpc) is 2.39. The van der Waals surface area contributed by atoms with E-state index in [-0.39, 0.29) is 5.56 Å². The molecule has 1 aromatic heterocycles. The Morgan fingerprint density at radius 3 is 2.44 bits per heavy atom. The number of unbranched alkanes of at least 4 members (excludes halogenated alkanes) is 1. The van der Waals surface area contributed by atoms with Crippen LogP contribution in [0.25, 0.3) is 10.9 Å². The Labute approximate surface area is 116 Å². The summed E-state index contributed by atoms with van der Waals surface area (Å²) in [5.41, 5.74) is 0.735. The number of nitrogens with zero attached hydrogens (tertiary/aromatic N) is 2. The molecule has 0 saturated carbocycles. The van der Waals surface area contributed by atoms with Gasteiger partial charge in [0.2, 0.25) is 0 Å². The van der Waals surface area contributed by atoms with Crippen LogP contribution in [0.2, 0.25) is 0 Å². The second-order valence-electron chi connectivity index (χ2n) is 3.97. The third-order valence-corrected chi connectivity index (χ3v) is 3.33. The molecule has 0 aliphatic rings. The highest BCUT2D eigenvalue weighted by molar-refractivity contribution is 9.10. The van der Waals surface area contributed by atoms with Crippen molar-refractivity contribution in [1.29, 1.82) is 0 Å². The van der Waals surface area contributed by atoms with Crippen molar-refractivity contribution in [3.63, 3.8) is 0 Å². The summed E-state index contributed by atoms with van der Waals surface area (Å²) in [5.74, 6) is 0. The van der Waals surface area contributed by atoms with Gasteiger partial charge in [-0.25, -0.2) is 0 Å². The largest absolute Gasteiger partial charge is 0.332 e. The molecule has 98 valence electrons. The Morgan fingerprint density at radius 2 is 1.89 bits per heavy atom. The lowest BCUT2D eigenvalue weighted by atomic mass is 10.2. The molecule has 1 aromatic carbocycles. The van der Waals surface area contributed by atoms with E-state index in [1.54, 1.807) is 6.33 Å². The maximum Gasteiger partial charge on any atom is 0.281 e. The van der Waals surface area contributed by atoms with E-state index >= 15 is 0 Å². The van der Waals surface area contributed by atoms with Gasteiger partial charge in [0.25, 0.3) is 5.56 Å². The number of hydrogen-bond acceptors (Lipinski definition) is 2. The number of aryl methyl sites for hydroxylation is 1. The summed E-state index contributed by atoms with van der Waals surface area (Å²) in [6, 6.07) is 5.69. The first-order valence-corrected chi connectivity index (χ1v) is 7.08. The summed E-state index contributed by atoms with van der Waals surface area (Å²) in [5, 5.41) is 0.650. The molecule has 0 radical (unpaired) electrons. The summed E-state index contributed by atoms with van der Waals surface area (Å²) < 4.78 is 2.75. The van der Waals surface area contributed by atoms with E-state index in [4.69, 9.17) is 0 Å². The topological polar surface area (TPSA) is 34.9 Å². The molecule has 2 aromatic rings. The van der Waals surface area contributed by atoms with Gasteiger partial charge in [0, 0.05) is 11.0 Å². The lowest BCUT2D eigenvalue weighted by molar-refractivity contribution is 0.764. The van der Waals surface area contributed by atoms with E-state index < -0.39 is 0 Å². The van der Waals surface area contributed by atoms with Crippen molar-refractivity contribution in [3.8, 4) is 0 Å². The lowest BCUT2D eigenvalue weighted by Gasteiger charge is -2.07. The first-order chi connectivity index (χ1) is 8.65. The minimum atomic E-state index is -0.183. The predicted octanol–water partition coefficient (Wildman–Crippen LogP) is 3.99. The van der Waals surface area contributed by atoms with Gasteiger partial charge in [0.1, 0.15) is 0 Å². The first-order valence-electron chi connectivity index (χ1n) is 6.29. The quantitative estimate of drug-likeness (QED) is 0.840. The van der Waals surface area contributed by atoms with Gasteiger partial charge in [-0.05, 0) is 35.0 Å². The smallest absolute Gasteiger partial charge is 0.281 e. The number of benzene rings is 1. The fourth-order valence-electron chi connectivity index (χ4n) is 1.46. The molecule has 3 nitrogen and oxygen atoms in total. The Hall–Kier alpha value is -1.16. The van der Waals surface area contributed by atoms with Crippen LogP contribution in [0.5, 0.6) is 0 Å². The fraction of sp³-hybridized carbons (Fsp3) is 0.429. The van der Waals surface area contributed by atoms with Crippen molar-refractivity contribution in [2.75, 3.05) is 0 Å². The molecule has 0 fully saturated rings. The van der Waals surface area contributed by atoms with Crippen LogP contribution in [0.4, 0.5) is 0 Å². The van der Waals surface area contributed by atoms with E-state index in [1.807, 2.05) is 29.7 Å². The zero-order valence-corrected chi connectivity index (χ0v) is 12.7. The molecule has 2 rings (SSSR count). The van der Waals surface area contributed by atoms with Crippen LogP contribution in [-0.4, -0.2) is 9.55 Å². The van der Waals surface area contributed by atoms with Crippen molar-refractivity contribution in [3.05, 3.63) is 39.4 Å². The number of rotatable bonds is 2. The zero-order chi connectivity index (χ0) is 13.5. The summed E-state index contributed by atoms with van der Waals surface area (Å²) in [7, 11) is 0. The number of fused-ring (bicyclic) bond motifs is 1. The maximum absolute atomic E-state index is 11.5. The van der Waals surface area contributed by atoms with Crippen LogP contribution in [0.1, 0.15) is 33.6 Å². The van der Waals surface area contributed by atoms with Gasteiger partial charge in [-0.15, -0.1) is 0 Å². The predicted molar refractivity (Wildman–Crippen MR) is 80.0 cm³/mol. The molecule has 0 aliphatic heterocycles. The molecule has 0 saturated heterocycles. The van der Waals surface area contributed by atoms with Crippen LogP contribution in [0, 0.1) is 0 Å². The van der Waals surface area contributed by atoms with Crippen molar-refractivity contribution in [2.24, 2.45) is 0 Å². The van der Waals surface area contributed by atoms with Crippen molar-refractivity contribution in [1.82, 2.24) is 9.55 Å². The van der Waals surface area contributed by atoms with Gasteiger partial charge in [-0.1, -0.05) is 32.8 Å². The van der Waals surface area contributed by atoms with Crippen LogP contribution < -0.4 is 5.56 Å². The van der Waals surface area contributed by atoms with Crippen molar-refractivity contribution < 1.29 is 0 Å². The summed E-state index contributed by atoms with van der Waals surface area (Å²) in [4.78, 5) is 15.3. The van der Waals surface area contributed by atoms with Gasteiger partial charge in [-0.3, -0.25) is 4.79 Å². The van der Waals surface area contributed by atoms with Gasteiger partial charge < -0.3 is 4.57 Å². The molecule has 0 aliphatic carbocycles. The fourth-order valence-corrected chi connectivity index (χ4v) is 1.99. The molecule has 1 heterocycles.